The lowest BCUT2D eigenvalue weighted by Gasteiger charge is -2.17. The summed E-state index contributed by atoms with van der Waals surface area (Å²) >= 11 is 0. The van der Waals surface area contributed by atoms with Gasteiger partial charge in [0.2, 0.25) is 0 Å². The van der Waals surface area contributed by atoms with Crippen molar-refractivity contribution in [1.29, 1.82) is 0 Å². The minimum absolute atomic E-state index is 0.267. The molecule has 0 spiro atoms. The second-order valence-electron chi connectivity index (χ2n) is 5.65. The van der Waals surface area contributed by atoms with Crippen LogP contribution in [0.25, 0.3) is 0 Å². The van der Waals surface area contributed by atoms with Crippen LogP contribution >= 0.6 is 0 Å². The zero-order valence-electron chi connectivity index (χ0n) is 13.4. The number of ether oxygens (including phenoxy) is 1. The SMILES string of the molecule is CCOc1cccc(NC(C)c2ccc(C(C)C)cc2)c1. The molecule has 0 fully saturated rings. The molecule has 2 aromatic carbocycles. The molecule has 0 saturated carbocycles. The molecular weight excluding hydrogens is 258 g/mol. The highest BCUT2D eigenvalue weighted by atomic mass is 16.5. The Hall–Kier alpha value is -1.96. The molecule has 1 N–H and O–H groups in total. The van der Waals surface area contributed by atoms with Gasteiger partial charge < -0.3 is 10.1 Å². The Balaban J connectivity index is 2.06. The van der Waals surface area contributed by atoms with Crippen LogP contribution in [0.1, 0.15) is 50.8 Å². The third-order valence-electron chi connectivity index (χ3n) is 3.63. The van der Waals surface area contributed by atoms with Gasteiger partial charge in [-0.2, -0.15) is 0 Å². The van der Waals surface area contributed by atoms with E-state index >= 15 is 0 Å². The lowest BCUT2D eigenvalue weighted by Crippen LogP contribution is -2.07. The number of hydrogen-bond donors (Lipinski definition) is 1. The van der Waals surface area contributed by atoms with Crippen LogP contribution < -0.4 is 10.1 Å². The molecule has 0 saturated heterocycles. The molecule has 0 bridgehead atoms. The predicted molar refractivity (Wildman–Crippen MR) is 90.2 cm³/mol. The van der Waals surface area contributed by atoms with Gasteiger partial charge in [0.1, 0.15) is 5.75 Å². The van der Waals surface area contributed by atoms with Crippen molar-refractivity contribution in [3.05, 3.63) is 59.7 Å². The molecule has 0 aliphatic heterocycles. The maximum atomic E-state index is 5.54. The Bertz CT molecular complexity index is 560. The highest BCUT2D eigenvalue weighted by Crippen LogP contribution is 2.24. The van der Waals surface area contributed by atoms with Crippen LogP contribution in [0.5, 0.6) is 5.75 Å². The summed E-state index contributed by atoms with van der Waals surface area (Å²) in [5.74, 6) is 1.48. The highest BCUT2D eigenvalue weighted by molar-refractivity contribution is 5.49. The van der Waals surface area contributed by atoms with Crippen LogP contribution in [-0.2, 0) is 0 Å². The molecule has 0 aromatic heterocycles. The summed E-state index contributed by atoms with van der Waals surface area (Å²) in [5, 5.41) is 3.53. The molecule has 0 radical (unpaired) electrons. The van der Waals surface area contributed by atoms with E-state index < -0.39 is 0 Å². The molecule has 0 aliphatic rings. The Morgan fingerprint density at radius 3 is 2.24 bits per heavy atom. The Kier molecular flexibility index (Phi) is 5.26. The monoisotopic (exact) mass is 283 g/mol. The number of hydrogen-bond acceptors (Lipinski definition) is 2. The van der Waals surface area contributed by atoms with Crippen LogP contribution in [0.3, 0.4) is 0 Å². The Morgan fingerprint density at radius 2 is 1.62 bits per heavy atom. The van der Waals surface area contributed by atoms with E-state index in [-0.39, 0.29) is 6.04 Å². The van der Waals surface area contributed by atoms with E-state index in [0.29, 0.717) is 12.5 Å². The topological polar surface area (TPSA) is 21.3 Å². The summed E-state index contributed by atoms with van der Waals surface area (Å²) in [5.41, 5.74) is 3.76. The summed E-state index contributed by atoms with van der Waals surface area (Å²) in [6.45, 7) is 9.30. The maximum absolute atomic E-state index is 5.54. The van der Waals surface area contributed by atoms with Gasteiger partial charge in [0.05, 0.1) is 6.61 Å². The van der Waals surface area contributed by atoms with Gasteiger partial charge in [0.25, 0.3) is 0 Å². The number of nitrogens with one attached hydrogen (secondary N) is 1. The third kappa shape index (κ3) is 4.25. The fourth-order valence-corrected chi connectivity index (χ4v) is 2.35. The molecule has 0 amide bonds. The average molecular weight is 283 g/mol. The molecule has 112 valence electrons. The summed E-state index contributed by atoms with van der Waals surface area (Å²) in [7, 11) is 0. The average Bonchev–Trinajstić information content (AvgIpc) is 2.48. The standard InChI is InChI=1S/C19H25NO/c1-5-21-19-8-6-7-18(13-19)20-15(4)17-11-9-16(10-12-17)14(2)3/h6-15,20H,5H2,1-4H3. The second-order valence-corrected chi connectivity index (χ2v) is 5.65. The van der Waals surface area contributed by atoms with Crippen LogP contribution in [0.4, 0.5) is 5.69 Å². The first kappa shape index (κ1) is 15.4. The van der Waals surface area contributed by atoms with Gasteiger partial charge in [-0.1, -0.05) is 44.2 Å². The maximum Gasteiger partial charge on any atom is 0.121 e. The van der Waals surface area contributed by atoms with E-state index in [1.54, 1.807) is 0 Å². The highest BCUT2D eigenvalue weighted by Gasteiger charge is 2.07. The van der Waals surface area contributed by atoms with Gasteiger partial charge in [-0.15, -0.1) is 0 Å². The zero-order chi connectivity index (χ0) is 15.2. The van der Waals surface area contributed by atoms with Gasteiger partial charge in [-0.25, -0.2) is 0 Å². The van der Waals surface area contributed by atoms with Crippen LogP contribution in [0, 0.1) is 0 Å². The minimum Gasteiger partial charge on any atom is -0.494 e. The van der Waals surface area contributed by atoms with Gasteiger partial charge in [0, 0.05) is 17.8 Å². The van der Waals surface area contributed by atoms with E-state index in [1.165, 1.54) is 11.1 Å². The summed E-state index contributed by atoms with van der Waals surface area (Å²) < 4.78 is 5.54. The van der Waals surface area contributed by atoms with E-state index in [9.17, 15) is 0 Å². The quantitative estimate of drug-likeness (QED) is 0.768. The van der Waals surface area contributed by atoms with E-state index in [4.69, 9.17) is 4.74 Å². The van der Waals surface area contributed by atoms with E-state index in [0.717, 1.165) is 11.4 Å². The fourth-order valence-electron chi connectivity index (χ4n) is 2.35. The molecule has 1 atom stereocenters. The largest absolute Gasteiger partial charge is 0.494 e. The summed E-state index contributed by atoms with van der Waals surface area (Å²) in [6, 6.07) is 17.2. The van der Waals surface area contributed by atoms with Gasteiger partial charge in [0.15, 0.2) is 0 Å². The van der Waals surface area contributed by atoms with E-state index in [2.05, 4.69) is 56.4 Å². The van der Waals surface area contributed by atoms with Crippen molar-refractivity contribution in [1.82, 2.24) is 0 Å². The minimum atomic E-state index is 0.267. The number of benzene rings is 2. The molecule has 2 aromatic rings. The van der Waals surface area contributed by atoms with Crippen molar-refractivity contribution in [3.8, 4) is 5.75 Å². The summed E-state index contributed by atoms with van der Waals surface area (Å²) in [4.78, 5) is 0. The van der Waals surface area contributed by atoms with Crippen molar-refractivity contribution in [2.75, 3.05) is 11.9 Å². The van der Waals surface area contributed by atoms with Crippen molar-refractivity contribution in [3.63, 3.8) is 0 Å². The van der Waals surface area contributed by atoms with Crippen LogP contribution in [0.2, 0.25) is 0 Å². The van der Waals surface area contributed by atoms with E-state index in [1.807, 2.05) is 25.1 Å². The number of anilines is 1. The first-order chi connectivity index (χ1) is 10.1. The van der Waals surface area contributed by atoms with Crippen molar-refractivity contribution < 1.29 is 4.74 Å². The molecule has 0 heterocycles. The fraction of sp³-hybridized carbons (Fsp3) is 0.368. The van der Waals surface area contributed by atoms with Crippen LogP contribution in [-0.4, -0.2) is 6.61 Å². The first-order valence-electron chi connectivity index (χ1n) is 7.69. The molecular formula is C19H25NO. The molecule has 2 rings (SSSR count). The lowest BCUT2D eigenvalue weighted by atomic mass is 9.99. The Labute approximate surface area is 128 Å². The predicted octanol–water partition coefficient (Wildman–Crippen LogP) is 5.38. The van der Waals surface area contributed by atoms with Gasteiger partial charge in [-0.05, 0) is 43.0 Å². The van der Waals surface area contributed by atoms with Gasteiger partial charge in [-0.3, -0.25) is 0 Å². The third-order valence-corrected chi connectivity index (χ3v) is 3.63. The zero-order valence-corrected chi connectivity index (χ0v) is 13.4. The Morgan fingerprint density at radius 1 is 0.952 bits per heavy atom. The first-order valence-corrected chi connectivity index (χ1v) is 7.69. The molecule has 1 unspecified atom stereocenters. The lowest BCUT2D eigenvalue weighted by molar-refractivity contribution is 0.340. The molecule has 0 aliphatic carbocycles. The molecule has 21 heavy (non-hydrogen) atoms. The molecule has 2 nitrogen and oxygen atoms in total. The van der Waals surface area contributed by atoms with Crippen molar-refractivity contribution >= 4 is 5.69 Å². The molecule has 2 heteroatoms. The van der Waals surface area contributed by atoms with Crippen LogP contribution in [0.15, 0.2) is 48.5 Å². The smallest absolute Gasteiger partial charge is 0.121 e. The van der Waals surface area contributed by atoms with Crippen molar-refractivity contribution in [2.24, 2.45) is 0 Å². The second kappa shape index (κ2) is 7.16. The van der Waals surface area contributed by atoms with Gasteiger partial charge >= 0.3 is 0 Å². The summed E-state index contributed by atoms with van der Waals surface area (Å²) in [6.07, 6.45) is 0. The number of rotatable bonds is 6. The van der Waals surface area contributed by atoms with Crippen molar-refractivity contribution in [2.45, 2.75) is 39.7 Å². The normalized spacial score (nSPS) is 12.2.